The van der Waals surface area contributed by atoms with Gasteiger partial charge in [-0.1, -0.05) is 43.6 Å². The van der Waals surface area contributed by atoms with E-state index in [4.69, 9.17) is 111 Å². The molecule has 12 rings (SSSR count). The summed E-state index contributed by atoms with van der Waals surface area (Å²) in [5.41, 5.74) is 12.0. The average molecular weight is 2070 g/mol. The Morgan fingerprint density at radius 2 is 0.693 bits per heavy atom. The van der Waals surface area contributed by atoms with Crippen LogP contribution >= 0.6 is 15.9 Å². The van der Waals surface area contributed by atoms with Crippen LogP contribution in [0.3, 0.4) is 0 Å². The highest BCUT2D eigenvalue weighted by Gasteiger charge is 2.66. The molecule has 59 heteroatoms. The summed E-state index contributed by atoms with van der Waals surface area (Å²) in [5.74, 6) is -16.6. The second-order valence-electron chi connectivity index (χ2n) is 36.5. The van der Waals surface area contributed by atoms with Crippen molar-refractivity contribution in [1.82, 2.24) is 5.32 Å². The van der Waals surface area contributed by atoms with Crippen LogP contribution in [0.4, 0.5) is 0 Å². The molecule has 1 amide bonds. The predicted octanol–water partition coefficient (Wildman–Crippen LogP) is -20.4. The summed E-state index contributed by atoms with van der Waals surface area (Å²) in [4.78, 5) is 38.1. The number of aliphatic carboxylic acids is 2. The number of ether oxygens (including phenoxy) is 21. The highest BCUT2D eigenvalue weighted by atomic mass is 79.9. The number of hydrogen-bond acceptors (Lipinski definition) is 55. The van der Waals surface area contributed by atoms with Crippen molar-refractivity contribution in [2.75, 3.05) is 71.4 Å². The van der Waals surface area contributed by atoms with E-state index in [2.05, 4.69) is 21.2 Å². The van der Waals surface area contributed by atoms with Gasteiger partial charge in [0.25, 0.3) is 11.6 Å². The van der Waals surface area contributed by atoms with Crippen molar-refractivity contribution in [3.8, 4) is 0 Å². The molecule has 11 heterocycles. The molecule has 137 heavy (non-hydrogen) atoms. The van der Waals surface area contributed by atoms with Crippen molar-refractivity contribution in [3.63, 3.8) is 0 Å². The second kappa shape index (κ2) is 47.3. The van der Waals surface area contributed by atoms with Gasteiger partial charge in [0.15, 0.2) is 50.3 Å². The Kier molecular flexibility index (Phi) is 38.9. The van der Waals surface area contributed by atoms with Crippen LogP contribution in [0.25, 0.3) is 0 Å². The van der Waals surface area contributed by atoms with Crippen LogP contribution < -0.4 is 16.8 Å². The number of aliphatic hydroxyl groups excluding tert-OH is 29. The monoisotopic (exact) mass is 2070 g/mol. The fraction of sp³-hybridized carbons (Fsp3) is 0.962. The first kappa shape index (κ1) is 113. The molecule has 12 fully saturated rings. The average Bonchev–Trinajstić information content (AvgIpc) is 1.57. The summed E-state index contributed by atoms with van der Waals surface area (Å²) >= 11 is 3.03. The van der Waals surface area contributed by atoms with E-state index >= 15 is 0 Å². The molecule has 0 aromatic rings. The zero-order valence-electron chi connectivity index (χ0n) is 73.7. The van der Waals surface area contributed by atoms with Crippen molar-refractivity contribution in [3.05, 3.63) is 0 Å². The third-order valence-corrected chi connectivity index (χ3v) is 27.9. The van der Waals surface area contributed by atoms with Gasteiger partial charge in [-0.3, -0.25) is 4.79 Å². The van der Waals surface area contributed by atoms with Crippen LogP contribution in [0.15, 0.2) is 0 Å². The van der Waals surface area contributed by atoms with E-state index in [0.717, 1.165) is 0 Å². The van der Waals surface area contributed by atoms with Crippen LogP contribution in [0, 0.1) is 29.6 Å². The number of amides is 1. The number of carbonyl (C=O) groups excluding carboxylic acids is 1. The minimum Gasteiger partial charge on any atom is -0.477 e. The van der Waals surface area contributed by atoms with E-state index in [1.807, 2.05) is 0 Å². The van der Waals surface area contributed by atoms with Gasteiger partial charge in [0, 0.05) is 42.4 Å². The summed E-state index contributed by atoms with van der Waals surface area (Å²) in [5, 5.41) is 348. The highest BCUT2D eigenvalue weighted by molar-refractivity contribution is 9.09. The van der Waals surface area contributed by atoms with Crippen LogP contribution in [0.2, 0.25) is 0 Å². The maximum Gasteiger partial charge on any atom is 0.364 e. The zero-order chi connectivity index (χ0) is 101. The maximum absolute atomic E-state index is 12.9. The van der Waals surface area contributed by atoms with E-state index in [1.54, 1.807) is 0 Å². The number of nitrogens with two attached hydrogens (primary N) is 2. The molecule has 36 N–H and O–H groups in total. The van der Waals surface area contributed by atoms with Crippen LogP contribution in [-0.2, 0) is 114 Å². The molecule has 0 aromatic carbocycles. The van der Waals surface area contributed by atoms with Gasteiger partial charge in [0.2, 0.25) is 5.91 Å². The number of rotatable bonds is 37. The van der Waals surface area contributed by atoms with Crippen molar-refractivity contribution in [2.24, 2.45) is 41.1 Å². The molecular formula is C78H130BrN3O55. The number of halogens is 1. The van der Waals surface area contributed by atoms with Gasteiger partial charge >= 0.3 is 11.9 Å². The smallest absolute Gasteiger partial charge is 0.364 e. The van der Waals surface area contributed by atoms with Crippen molar-refractivity contribution >= 4 is 33.8 Å². The van der Waals surface area contributed by atoms with E-state index in [-0.39, 0.29) is 5.33 Å². The first-order chi connectivity index (χ1) is 64.7. The molecular weight excluding hydrogens is 1940 g/mol. The van der Waals surface area contributed by atoms with E-state index in [9.17, 15) is 173 Å². The molecule has 11 saturated heterocycles. The maximum atomic E-state index is 12.9. The number of carboxylic acids is 2. The highest BCUT2D eigenvalue weighted by Crippen LogP contribution is 2.47. The first-order valence-electron chi connectivity index (χ1n) is 44.5. The fourth-order valence-electron chi connectivity index (χ4n) is 18.5. The Balaban J connectivity index is 0.781. The van der Waals surface area contributed by atoms with E-state index < -0.39 is 451 Å². The Labute approximate surface area is 785 Å². The fourth-order valence-corrected chi connectivity index (χ4v) is 18.7. The normalized spacial score (nSPS) is 51.6. The Hall–Kier alpha value is -3.19. The van der Waals surface area contributed by atoms with Crippen LogP contribution in [-0.4, -0.2) is 572 Å². The minimum atomic E-state index is -2.96. The lowest BCUT2D eigenvalue weighted by Gasteiger charge is -2.51. The van der Waals surface area contributed by atoms with Crippen molar-refractivity contribution in [2.45, 2.75) is 365 Å². The number of carbonyl (C=O) groups is 3. The quantitative estimate of drug-likeness (QED) is 0.0257. The summed E-state index contributed by atoms with van der Waals surface area (Å²) < 4.78 is 126. The predicted molar refractivity (Wildman–Crippen MR) is 429 cm³/mol. The molecule has 0 bridgehead atoms. The Morgan fingerprint density at radius 3 is 1.09 bits per heavy atom. The summed E-state index contributed by atoms with van der Waals surface area (Å²) in [6.45, 7) is -5.58. The molecule has 11 aliphatic heterocycles. The van der Waals surface area contributed by atoms with Gasteiger partial charge in [-0.05, 0) is 0 Å². The van der Waals surface area contributed by atoms with E-state index in [1.165, 1.54) is 27.7 Å². The SMILES string of the molecule is CC1C(O)[C@H](O[C@@H]2OC(CO[C@]3(C(=O)O)C[C@@H](O)[C@@H](N)C([C@H](O)[C@H](O)CO)O3)[C@H](O)C(O)[C@@H]2O)[C@H](CO)O[C@H]1O[C@@H]1C(O)[C@H](O)C(CO)O[C@@H]1OCC1O[C@@H](O[C@@H]2C(CO)O[C@@H](O[C@@H]3C(CO)O[C@@H](NC(=O)CBr)[C@@H](C)C3O)[C@@H](C)C2O)[C@H](O)C(O[C@H]2O[C@H](CO)[C@@H](O)C(O)C2O[C@@H]2OC(CO)[C@@H](O[C@@H]3OC(CO[C@]4(C(=O)O)C[C@@H](O)[C@@H](N)C(C5C(O)[C@H]5O)O4)[C@H](O)C(O)[C@@H]3O)C(O)[C@@H]2C)[C@@H]1O. The zero-order valence-corrected chi connectivity index (χ0v) is 75.3. The molecule has 12 aliphatic rings. The second-order valence-corrected chi connectivity index (χ2v) is 37.0. The first-order valence-corrected chi connectivity index (χ1v) is 45.6. The lowest BCUT2D eigenvalue weighted by Crippen LogP contribution is -2.68. The van der Waals surface area contributed by atoms with Gasteiger partial charge in [-0.25, -0.2) is 9.59 Å². The van der Waals surface area contributed by atoms with Gasteiger partial charge in [-0.2, -0.15) is 0 Å². The number of alkyl halides is 1. The van der Waals surface area contributed by atoms with Crippen molar-refractivity contribution in [1.29, 1.82) is 0 Å². The van der Waals surface area contributed by atoms with Gasteiger partial charge < -0.3 is 275 Å². The van der Waals surface area contributed by atoms with Gasteiger partial charge in [-0.15, -0.1) is 0 Å². The molecule has 0 spiro atoms. The summed E-state index contributed by atoms with van der Waals surface area (Å²) in [7, 11) is 0. The molecule has 794 valence electrons. The lowest BCUT2D eigenvalue weighted by molar-refractivity contribution is -0.402. The summed E-state index contributed by atoms with van der Waals surface area (Å²) in [6.07, 6.45) is -98.4. The van der Waals surface area contributed by atoms with E-state index in [0.29, 0.717) is 0 Å². The largest absolute Gasteiger partial charge is 0.477 e. The molecule has 0 aromatic heterocycles. The Bertz CT molecular complexity index is 3790. The summed E-state index contributed by atoms with van der Waals surface area (Å²) in [6, 6.07) is -2.94. The molecule has 0 radical (unpaired) electrons. The number of carboxylic acid groups (broad SMARTS) is 2. The molecule has 58 atom stereocenters. The molecule has 1 saturated carbocycles. The molecule has 58 nitrogen and oxygen atoms in total. The standard InChI is InChI=1S/C78H130BrN3O55/c1-18-38(94)57(27(11-86)120-66(18)82-34(93)7-79)129-67-19(2)39(95)60(30(14-89)123-67)132-72-56(112)63(133-74-65(53(109)44(100)26(10-85)122-74)135-69-21(4)41(97)59(29(13-88)125-69)131-70-54(110)50(106)45(101)32(127-70)16-118-77(75(113)114)5-22(90)36(80)61(136-77)35-48(104)49(35)105)47(103)31(126-72)15-117-73-64(52(108)43(99)25(9-84)121-73)134-68-20(3)40(96)58(28(12-87)124-68)130-71-55(111)51(107)46(102)33(128-71)17-119-78(76(115)116)6-23(91)37(81)62(137-78)42(98)24(92)8-83/h18-33,35-74,83-92,94-112H,5-17,80-81H2,1-4H3,(H,82,93)(H,113,114)(H,115,116)/t18-,19-,20?,21-,22+,23+,24+,25?,26+,27?,28-,29?,30?,31?,32?,33?,35?,36+,37+,38?,39?,40?,41?,42+,43+,44+,45-,46-,47+,48-,49?,50?,51?,52?,53?,54-,55-,56+,57+,58+,59+,60+,61?,62?,63?,64+,65?,66+,67-,68-,69-,70-,71-,72-,73-,74+,77+,78+/m0/s1. The minimum absolute atomic E-state index is 0.170. The third-order valence-electron chi connectivity index (χ3n) is 27.4. The van der Waals surface area contributed by atoms with Crippen LogP contribution in [0.1, 0.15) is 40.5 Å². The third kappa shape index (κ3) is 23.4. The Morgan fingerprint density at radius 1 is 0.358 bits per heavy atom. The van der Waals surface area contributed by atoms with Crippen LogP contribution in [0.5, 0.6) is 0 Å². The van der Waals surface area contributed by atoms with Gasteiger partial charge in [0.1, 0.15) is 195 Å². The molecule has 22 unspecified atom stereocenters. The number of nitrogens with one attached hydrogen (secondary N) is 1. The lowest BCUT2D eigenvalue weighted by atomic mass is 9.89. The van der Waals surface area contributed by atoms with Gasteiger partial charge in [0.05, 0.1) is 138 Å². The number of hydrogen-bond donors (Lipinski definition) is 34. The topological polar surface area (TPSA) is 936 Å². The molecule has 1 aliphatic carbocycles. The van der Waals surface area contributed by atoms with Crippen molar-refractivity contribution < 1.29 is 272 Å². The number of aliphatic hydroxyl groups is 29.